The van der Waals surface area contributed by atoms with Gasteiger partial charge in [0.05, 0.1) is 4.91 Å². The molecule has 0 heterocycles. The first-order valence-electron chi connectivity index (χ1n) is 15.0. The molecule has 38 heavy (non-hydrogen) atoms. The number of thioether (sulfide) groups is 1. The van der Waals surface area contributed by atoms with Crippen molar-refractivity contribution in [3.8, 4) is 0 Å². The lowest BCUT2D eigenvalue weighted by Crippen LogP contribution is -2.51. The second kappa shape index (κ2) is 12.3. The van der Waals surface area contributed by atoms with E-state index in [0.717, 1.165) is 56.3 Å². The smallest absolute Gasteiger partial charge is 0.220 e. The van der Waals surface area contributed by atoms with Crippen molar-refractivity contribution >= 4 is 35.1 Å². The van der Waals surface area contributed by atoms with E-state index < -0.39 is 0 Å². The van der Waals surface area contributed by atoms with Crippen molar-refractivity contribution in [2.24, 2.45) is 34.5 Å². The summed E-state index contributed by atoms with van der Waals surface area (Å²) < 4.78 is 0. The van der Waals surface area contributed by atoms with Crippen LogP contribution in [0.2, 0.25) is 0 Å². The highest BCUT2D eigenvalue weighted by Gasteiger charge is 2.60. The molecule has 0 aromatic carbocycles. The van der Waals surface area contributed by atoms with Gasteiger partial charge in [-0.15, -0.1) is 11.8 Å². The summed E-state index contributed by atoms with van der Waals surface area (Å²) in [6.45, 7) is 7.24. The van der Waals surface area contributed by atoms with Crippen molar-refractivity contribution < 1.29 is 19.2 Å². The van der Waals surface area contributed by atoms with Gasteiger partial charge >= 0.3 is 0 Å². The second-order valence-corrected chi connectivity index (χ2v) is 13.9. The van der Waals surface area contributed by atoms with Crippen LogP contribution in [0.3, 0.4) is 0 Å². The lowest BCUT2D eigenvalue weighted by molar-refractivity contribution is -0.128. The molecule has 0 radical (unpaired) electrons. The summed E-state index contributed by atoms with van der Waals surface area (Å²) in [5.41, 5.74) is 1.61. The molecule has 2 N–H and O–H groups in total. The molecule has 4 aliphatic rings. The summed E-state index contributed by atoms with van der Waals surface area (Å²) in [5.74, 6) is 3.51. The molecule has 6 atom stereocenters. The van der Waals surface area contributed by atoms with Crippen LogP contribution in [0.4, 0.5) is 0 Å². The summed E-state index contributed by atoms with van der Waals surface area (Å²) in [6, 6.07) is 0. The third-order valence-corrected chi connectivity index (χ3v) is 12.0. The van der Waals surface area contributed by atoms with Crippen LogP contribution in [0.25, 0.3) is 0 Å². The fourth-order valence-electron chi connectivity index (χ4n) is 8.78. The Morgan fingerprint density at radius 2 is 1.71 bits per heavy atom. The van der Waals surface area contributed by atoms with Crippen LogP contribution < -0.4 is 10.6 Å². The second-order valence-electron chi connectivity index (χ2n) is 12.8. The average Bonchev–Trinajstić information content (AvgIpc) is 3.25. The van der Waals surface area contributed by atoms with Crippen molar-refractivity contribution in [2.45, 2.75) is 104 Å². The zero-order valence-electron chi connectivity index (χ0n) is 24.0. The van der Waals surface area contributed by atoms with E-state index in [4.69, 9.17) is 0 Å². The molecule has 7 heteroatoms. The molecule has 0 aromatic rings. The van der Waals surface area contributed by atoms with Crippen molar-refractivity contribution in [1.29, 1.82) is 0 Å². The number of allylic oxidation sites excluding steroid dienone is 1. The van der Waals surface area contributed by atoms with Crippen LogP contribution in [0.15, 0.2) is 10.5 Å². The van der Waals surface area contributed by atoms with Crippen LogP contribution in [-0.2, 0) is 19.2 Å². The monoisotopic (exact) mass is 544 g/mol. The molecular formula is C31H48N2O4S. The fraction of sp³-hybridized carbons (Fsp3) is 0.806. The van der Waals surface area contributed by atoms with E-state index in [0.29, 0.717) is 55.1 Å². The highest BCUT2D eigenvalue weighted by molar-refractivity contribution is 8.04. The highest BCUT2D eigenvalue weighted by atomic mass is 32.2. The molecule has 0 spiro atoms. The third kappa shape index (κ3) is 5.78. The first-order chi connectivity index (χ1) is 18.1. The summed E-state index contributed by atoms with van der Waals surface area (Å²) in [6.07, 6.45) is 11.8. The van der Waals surface area contributed by atoms with Gasteiger partial charge < -0.3 is 10.6 Å². The molecule has 2 amide bonds. The lowest BCUT2D eigenvalue weighted by Gasteiger charge is -2.58. The maximum atomic E-state index is 13.1. The van der Waals surface area contributed by atoms with Gasteiger partial charge in [-0.05, 0) is 98.9 Å². The molecule has 0 saturated heterocycles. The maximum absolute atomic E-state index is 13.1. The van der Waals surface area contributed by atoms with Gasteiger partial charge in [0, 0.05) is 44.5 Å². The molecule has 6 unspecified atom stereocenters. The molecule has 0 bridgehead atoms. The van der Waals surface area contributed by atoms with Gasteiger partial charge in [-0.2, -0.15) is 0 Å². The van der Waals surface area contributed by atoms with Crippen molar-refractivity contribution in [3.05, 3.63) is 10.5 Å². The van der Waals surface area contributed by atoms with Gasteiger partial charge in [-0.1, -0.05) is 20.3 Å². The van der Waals surface area contributed by atoms with Crippen LogP contribution in [0.1, 0.15) is 104 Å². The minimum Gasteiger partial charge on any atom is -0.359 e. The summed E-state index contributed by atoms with van der Waals surface area (Å²) in [5, 5.41) is 5.62. The normalized spacial score (nSPS) is 34.3. The predicted molar refractivity (Wildman–Crippen MR) is 152 cm³/mol. The Morgan fingerprint density at radius 1 is 0.921 bits per heavy atom. The number of unbranched alkanes of at least 4 members (excludes halogenated alkanes) is 2. The number of fused-ring (bicyclic) bond motifs is 5. The number of amides is 2. The number of Topliss-reactive ketones (excluding diaryl/α,β-unsaturated/α-hetero) is 2. The number of rotatable bonds is 11. The van der Waals surface area contributed by atoms with Gasteiger partial charge in [0.25, 0.3) is 0 Å². The summed E-state index contributed by atoms with van der Waals surface area (Å²) >= 11 is 1.61. The standard InChI is InChI=1S/C31H48N2O4S/c1-20(34)22-11-12-23-21-9-10-25-29(26(35)14-17-31(25,3)24(21)13-16-30(22,23)2)38-19-15-28(37)33-18-7-5-6-8-27(36)32-4/h21-24H,5-19H2,1-4H3,(H,32,36)(H,33,37). The zero-order chi connectivity index (χ0) is 27.5. The topological polar surface area (TPSA) is 92.3 Å². The molecule has 4 rings (SSSR count). The molecule has 6 nitrogen and oxygen atoms in total. The van der Waals surface area contributed by atoms with Crippen molar-refractivity contribution in [1.82, 2.24) is 10.6 Å². The van der Waals surface area contributed by atoms with Crippen molar-refractivity contribution in [3.63, 3.8) is 0 Å². The Balaban J connectivity index is 1.32. The van der Waals surface area contributed by atoms with E-state index in [2.05, 4.69) is 24.5 Å². The van der Waals surface area contributed by atoms with E-state index in [-0.39, 0.29) is 34.3 Å². The Kier molecular flexibility index (Phi) is 9.47. The number of carbonyl (C=O) groups is 4. The van der Waals surface area contributed by atoms with Crippen LogP contribution in [-0.4, -0.2) is 42.7 Å². The van der Waals surface area contributed by atoms with Gasteiger partial charge in [0.1, 0.15) is 5.78 Å². The molecule has 3 saturated carbocycles. The van der Waals surface area contributed by atoms with Gasteiger partial charge in [0.2, 0.25) is 11.8 Å². The van der Waals surface area contributed by atoms with Gasteiger partial charge in [0.15, 0.2) is 5.78 Å². The molecular weight excluding hydrogens is 496 g/mol. The Bertz CT molecular complexity index is 977. The van der Waals surface area contributed by atoms with E-state index >= 15 is 0 Å². The summed E-state index contributed by atoms with van der Waals surface area (Å²) in [7, 11) is 1.65. The molecule has 212 valence electrons. The number of ketones is 2. The number of nitrogens with one attached hydrogen (secondary N) is 2. The highest BCUT2D eigenvalue weighted by Crippen LogP contribution is 2.67. The number of hydrogen-bond donors (Lipinski definition) is 2. The van der Waals surface area contributed by atoms with E-state index in [9.17, 15) is 19.2 Å². The lowest BCUT2D eigenvalue weighted by atomic mass is 9.46. The quantitative estimate of drug-likeness (QED) is 0.331. The van der Waals surface area contributed by atoms with E-state index in [1.165, 1.54) is 18.4 Å². The molecule has 0 aliphatic heterocycles. The van der Waals surface area contributed by atoms with Gasteiger partial charge in [-0.3, -0.25) is 19.2 Å². The van der Waals surface area contributed by atoms with Crippen LogP contribution >= 0.6 is 11.8 Å². The Hall–Kier alpha value is -1.63. The number of hydrogen-bond acceptors (Lipinski definition) is 5. The predicted octanol–water partition coefficient (Wildman–Crippen LogP) is 5.60. The van der Waals surface area contributed by atoms with Crippen molar-refractivity contribution in [2.75, 3.05) is 19.3 Å². The molecule has 3 fully saturated rings. The minimum absolute atomic E-state index is 0.0388. The Morgan fingerprint density at radius 3 is 2.45 bits per heavy atom. The minimum atomic E-state index is 0.0388. The Labute approximate surface area is 233 Å². The fourth-order valence-corrected chi connectivity index (χ4v) is 10.0. The number of carbonyl (C=O) groups excluding carboxylic acids is 4. The summed E-state index contributed by atoms with van der Waals surface area (Å²) in [4.78, 5) is 50.1. The SMILES string of the molecule is CNC(=O)CCCCCNC(=O)CCSC1=C2CCC3C(CCC4(C)C(C(C)=O)CCC34)C2(C)CCC1=O. The largest absolute Gasteiger partial charge is 0.359 e. The zero-order valence-corrected chi connectivity index (χ0v) is 24.8. The maximum Gasteiger partial charge on any atom is 0.220 e. The molecule has 0 aromatic heterocycles. The third-order valence-electron chi connectivity index (χ3n) is 10.8. The van der Waals surface area contributed by atoms with E-state index in [1.807, 2.05) is 0 Å². The van der Waals surface area contributed by atoms with Crippen LogP contribution in [0, 0.1) is 34.5 Å². The van der Waals surface area contributed by atoms with Gasteiger partial charge in [-0.25, -0.2) is 0 Å². The first-order valence-corrected chi connectivity index (χ1v) is 16.0. The average molecular weight is 545 g/mol. The van der Waals surface area contributed by atoms with Crippen LogP contribution in [0.5, 0.6) is 0 Å². The first kappa shape index (κ1) is 29.4. The van der Waals surface area contributed by atoms with E-state index in [1.54, 1.807) is 25.7 Å². The molecule has 4 aliphatic carbocycles.